The molecule has 0 aliphatic carbocycles. The van der Waals surface area contributed by atoms with E-state index >= 15 is 0 Å². The second-order valence-corrected chi connectivity index (χ2v) is 8.52. The number of carbonyl (C=O) groups is 1. The average Bonchev–Trinajstić information content (AvgIpc) is 3.37. The normalized spacial score (nSPS) is 17.0. The third-order valence-electron chi connectivity index (χ3n) is 5.40. The van der Waals surface area contributed by atoms with Crippen molar-refractivity contribution >= 4 is 23.4 Å². The van der Waals surface area contributed by atoms with Gasteiger partial charge < -0.3 is 19.3 Å². The van der Waals surface area contributed by atoms with Gasteiger partial charge in [-0.15, -0.1) is 0 Å². The van der Waals surface area contributed by atoms with Crippen molar-refractivity contribution in [2.24, 2.45) is 4.99 Å². The number of benzene rings is 2. The van der Waals surface area contributed by atoms with Gasteiger partial charge in [0.1, 0.15) is 5.75 Å². The maximum atomic E-state index is 13.5. The molecule has 33 heavy (non-hydrogen) atoms. The predicted molar refractivity (Wildman–Crippen MR) is 121 cm³/mol. The Hall–Kier alpha value is -3.85. The molecule has 3 heterocycles. The molecular weight excluding hydrogens is 444 g/mol. The van der Waals surface area contributed by atoms with Gasteiger partial charge in [0.15, 0.2) is 16.3 Å². The summed E-state index contributed by atoms with van der Waals surface area (Å²) < 4.78 is 18.2. The van der Waals surface area contributed by atoms with Gasteiger partial charge >= 0.3 is 5.97 Å². The van der Waals surface area contributed by atoms with E-state index in [9.17, 15) is 14.7 Å². The molecule has 0 amide bonds. The molecule has 3 aromatic rings. The predicted octanol–water partition coefficient (Wildman–Crippen LogP) is 2.23. The van der Waals surface area contributed by atoms with E-state index in [4.69, 9.17) is 14.2 Å². The van der Waals surface area contributed by atoms with Crippen LogP contribution in [-0.4, -0.2) is 29.0 Å². The monoisotopic (exact) mass is 464 g/mol. The summed E-state index contributed by atoms with van der Waals surface area (Å²) in [5.41, 5.74) is 1.86. The summed E-state index contributed by atoms with van der Waals surface area (Å²) in [6.45, 7) is 3.78. The van der Waals surface area contributed by atoms with Crippen LogP contribution in [0.4, 0.5) is 0 Å². The highest BCUT2D eigenvalue weighted by molar-refractivity contribution is 7.07. The zero-order chi connectivity index (χ0) is 23.1. The molecule has 1 N–H and O–H groups in total. The van der Waals surface area contributed by atoms with Crippen LogP contribution >= 0.6 is 11.3 Å². The van der Waals surface area contributed by atoms with E-state index in [0.29, 0.717) is 43.2 Å². The van der Waals surface area contributed by atoms with Crippen LogP contribution in [0.5, 0.6) is 17.2 Å². The van der Waals surface area contributed by atoms with Gasteiger partial charge in [-0.3, -0.25) is 9.36 Å². The molecule has 8 nitrogen and oxygen atoms in total. The number of hydrogen-bond donors (Lipinski definition) is 1. The highest BCUT2D eigenvalue weighted by Gasteiger charge is 2.34. The second-order valence-electron chi connectivity index (χ2n) is 7.51. The first kappa shape index (κ1) is 21.0. The van der Waals surface area contributed by atoms with E-state index in [1.807, 2.05) is 6.07 Å². The fraction of sp³-hybridized carbons (Fsp3) is 0.208. The first-order valence-corrected chi connectivity index (χ1v) is 11.2. The standard InChI is InChI=1S/C24H20N2O6S/c1-3-30-23(29)20-13(2)25-24-26(21(20)15-7-8-17-18(11-15)32-12-31-17)22(28)19(33-24)10-14-5-4-6-16(27)9-14/h4-11,21,27H,3,12H2,1-2H3/b19-10-/t21-/m1/s1. The molecule has 1 aromatic heterocycles. The molecule has 2 aliphatic rings. The number of fused-ring (bicyclic) bond motifs is 2. The Morgan fingerprint density at radius 1 is 1.27 bits per heavy atom. The third kappa shape index (κ3) is 3.70. The maximum Gasteiger partial charge on any atom is 0.338 e. The van der Waals surface area contributed by atoms with Crippen molar-refractivity contribution in [2.45, 2.75) is 19.9 Å². The number of hydrogen-bond acceptors (Lipinski definition) is 8. The van der Waals surface area contributed by atoms with Crippen molar-refractivity contribution in [1.82, 2.24) is 4.57 Å². The van der Waals surface area contributed by atoms with Crippen LogP contribution < -0.4 is 24.4 Å². The van der Waals surface area contributed by atoms with Crippen LogP contribution in [0.2, 0.25) is 0 Å². The Balaban J connectivity index is 1.73. The number of nitrogens with zero attached hydrogens (tertiary/aromatic N) is 2. The smallest absolute Gasteiger partial charge is 0.338 e. The van der Waals surface area contributed by atoms with Crippen molar-refractivity contribution < 1.29 is 24.1 Å². The number of esters is 1. The third-order valence-corrected chi connectivity index (χ3v) is 6.38. The fourth-order valence-electron chi connectivity index (χ4n) is 3.96. The average molecular weight is 464 g/mol. The molecule has 0 saturated carbocycles. The fourth-order valence-corrected chi connectivity index (χ4v) is 5.00. The summed E-state index contributed by atoms with van der Waals surface area (Å²) >= 11 is 1.22. The van der Waals surface area contributed by atoms with Crippen molar-refractivity contribution in [3.8, 4) is 17.2 Å². The first-order chi connectivity index (χ1) is 16.0. The van der Waals surface area contributed by atoms with Gasteiger partial charge in [-0.05, 0) is 55.3 Å². The maximum absolute atomic E-state index is 13.5. The molecule has 0 radical (unpaired) electrons. The topological polar surface area (TPSA) is 99.4 Å². The second kappa shape index (κ2) is 8.25. The molecule has 0 bridgehead atoms. The Morgan fingerprint density at radius 2 is 2.09 bits per heavy atom. The van der Waals surface area contributed by atoms with Gasteiger partial charge in [0, 0.05) is 0 Å². The van der Waals surface area contributed by atoms with Crippen LogP contribution in [0.25, 0.3) is 6.08 Å². The summed E-state index contributed by atoms with van der Waals surface area (Å²) in [6.07, 6.45) is 1.70. The Morgan fingerprint density at radius 3 is 2.88 bits per heavy atom. The number of carbonyl (C=O) groups excluding carboxylic acids is 1. The Labute approximate surface area is 192 Å². The SMILES string of the molecule is CCOC(=O)C1=C(C)N=c2s/c(=C\c3cccc(O)c3)c(=O)n2[C@@H]1c1ccc2c(c1)OCO2. The quantitative estimate of drug-likeness (QED) is 0.595. The van der Waals surface area contributed by atoms with Gasteiger partial charge in [-0.2, -0.15) is 0 Å². The summed E-state index contributed by atoms with van der Waals surface area (Å²) in [6, 6.07) is 11.2. The number of allylic oxidation sites excluding steroid dienone is 1. The molecule has 2 aromatic carbocycles. The van der Waals surface area contributed by atoms with Crippen LogP contribution in [0.1, 0.15) is 31.0 Å². The highest BCUT2D eigenvalue weighted by Crippen LogP contribution is 2.38. The summed E-state index contributed by atoms with van der Waals surface area (Å²) in [7, 11) is 0. The molecule has 2 aliphatic heterocycles. The highest BCUT2D eigenvalue weighted by atomic mass is 32.1. The van der Waals surface area contributed by atoms with Crippen molar-refractivity contribution in [3.63, 3.8) is 0 Å². The minimum atomic E-state index is -0.735. The van der Waals surface area contributed by atoms with Crippen LogP contribution in [0, 0.1) is 0 Å². The minimum Gasteiger partial charge on any atom is -0.508 e. The number of rotatable bonds is 4. The number of aromatic nitrogens is 1. The lowest BCUT2D eigenvalue weighted by Gasteiger charge is -2.24. The molecule has 0 spiro atoms. The van der Waals surface area contributed by atoms with Gasteiger partial charge in [-0.25, -0.2) is 9.79 Å². The van der Waals surface area contributed by atoms with Crippen molar-refractivity contribution in [3.05, 3.63) is 84.5 Å². The van der Waals surface area contributed by atoms with Gasteiger partial charge in [0.25, 0.3) is 5.56 Å². The van der Waals surface area contributed by atoms with E-state index in [0.717, 1.165) is 0 Å². The van der Waals surface area contributed by atoms with Gasteiger partial charge in [0.2, 0.25) is 6.79 Å². The van der Waals surface area contributed by atoms with E-state index in [1.54, 1.807) is 56.3 Å². The molecule has 5 rings (SSSR count). The lowest BCUT2D eigenvalue weighted by molar-refractivity contribution is -0.139. The summed E-state index contributed by atoms with van der Waals surface area (Å²) in [4.78, 5) is 31.5. The van der Waals surface area contributed by atoms with E-state index in [-0.39, 0.29) is 24.7 Å². The van der Waals surface area contributed by atoms with Crippen LogP contribution in [-0.2, 0) is 9.53 Å². The van der Waals surface area contributed by atoms with E-state index in [1.165, 1.54) is 15.9 Å². The zero-order valence-electron chi connectivity index (χ0n) is 17.9. The molecular formula is C24H20N2O6S. The number of phenolic OH excluding ortho intramolecular Hbond substituents is 1. The van der Waals surface area contributed by atoms with Crippen LogP contribution in [0.15, 0.2) is 63.5 Å². The number of ether oxygens (including phenoxy) is 3. The molecule has 1 atom stereocenters. The molecule has 0 unspecified atom stereocenters. The number of aromatic hydroxyl groups is 1. The number of phenols is 1. The van der Waals surface area contributed by atoms with Crippen molar-refractivity contribution in [2.75, 3.05) is 13.4 Å². The lowest BCUT2D eigenvalue weighted by Crippen LogP contribution is -2.39. The summed E-state index contributed by atoms with van der Waals surface area (Å²) in [5, 5.41) is 9.77. The Bertz CT molecular complexity index is 1480. The van der Waals surface area contributed by atoms with Gasteiger partial charge in [-0.1, -0.05) is 29.5 Å². The Kier molecular flexibility index (Phi) is 5.26. The number of thiazole rings is 1. The summed E-state index contributed by atoms with van der Waals surface area (Å²) in [5.74, 6) is 0.736. The van der Waals surface area contributed by atoms with Crippen LogP contribution in [0.3, 0.4) is 0 Å². The minimum absolute atomic E-state index is 0.107. The molecule has 9 heteroatoms. The molecule has 0 saturated heterocycles. The molecule has 168 valence electrons. The first-order valence-electron chi connectivity index (χ1n) is 10.3. The largest absolute Gasteiger partial charge is 0.508 e. The lowest BCUT2D eigenvalue weighted by atomic mass is 9.95. The van der Waals surface area contributed by atoms with Gasteiger partial charge in [0.05, 0.1) is 28.5 Å². The van der Waals surface area contributed by atoms with Crippen molar-refractivity contribution in [1.29, 1.82) is 0 Å². The van der Waals surface area contributed by atoms with E-state index in [2.05, 4.69) is 4.99 Å². The van der Waals surface area contributed by atoms with E-state index < -0.39 is 12.0 Å². The zero-order valence-corrected chi connectivity index (χ0v) is 18.7. The molecule has 0 fully saturated rings.